The second-order valence-corrected chi connectivity index (χ2v) is 10.1. The van der Waals surface area contributed by atoms with Gasteiger partial charge in [0.2, 0.25) is 5.60 Å². The molecular weight excluding hydrogens is 522 g/mol. The lowest BCUT2D eigenvalue weighted by atomic mass is 9.92. The number of carboxylic acid groups (broad SMARTS) is 1. The first-order valence-corrected chi connectivity index (χ1v) is 13.2. The van der Waals surface area contributed by atoms with Gasteiger partial charge in [-0.3, -0.25) is 4.79 Å². The fraction of sp³-hybridized carbons (Fsp3) is 0.500. The molecule has 212 valence electrons. The molecule has 0 aliphatic carbocycles. The van der Waals surface area contributed by atoms with Crippen molar-refractivity contribution in [2.24, 2.45) is 0 Å². The molecule has 3 aromatic heterocycles. The van der Waals surface area contributed by atoms with E-state index in [0.717, 1.165) is 19.3 Å². The van der Waals surface area contributed by atoms with E-state index in [4.69, 9.17) is 9.26 Å². The minimum atomic E-state index is -1.71. The van der Waals surface area contributed by atoms with Gasteiger partial charge in [-0.1, -0.05) is 18.5 Å². The number of amides is 3. The number of piperidine rings is 1. The van der Waals surface area contributed by atoms with Gasteiger partial charge in [-0.05, 0) is 31.4 Å². The van der Waals surface area contributed by atoms with Crippen LogP contribution in [0.4, 0.5) is 21.2 Å². The molecule has 0 aromatic carbocycles. The van der Waals surface area contributed by atoms with E-state index >= 15 is 0 Å². The number of nitrogens with zero attached hydrogens (tertiary/aromatic N) is 7. The topological polar surface area (TPSA) is 175 Å². The van der Waals surface area contributed by atoms with Crippen LogP contribution in [0.5, 0.6) is 0 Å². The Hall–Kier alpha value is -4.33. The number of imide groups is 1. The smallest absolute Gasteiger partial charge is 0.425 e. The number of pyridine rings is 1. The molecular formula is C26H31N7O7. The highest BCUT2D eigenvalue weighted by Gasteiger charge is 2.48. The molecule has 0 bridgehead atoms. The van der Waals surface area contributed by atoms with Crippen LogP contribution < -0.4 is 9.80 Å². The number of ether oxygens (including phenoxy) is 1. The Morgan fingerprint density at radius 2 is 2.10 bits per heavy atom. The molecule has 0 radical (unpaired) electrons. The maximum absolute atomic E-state index is 12.6. The molecule has 40 heavy (non-hydrogen) atoms. The van der Waals surface area contributed by atoms with Crippen molar-refractivity contribution in [1.29, 1.82) is 0 Å². The average molecular weight is 554 g/mol. The average Bonchev–Trinajstić information content (AvgIpc) is 3.56. The number of hydrogen-bond donors (Lipinski definition) is 2. The van der Waals surface area contributed by atoms with E-state index in [-0.39, 0.29) is 36.0 Å². The van der Waals surface area contributed by atoms with Gasteiger partial charge in [0.25, 0.3) is 5.91 Å². The summed E-state index contributed by atoms with van der Waals surface area (Å²) in [6, 6.07) is 5.12. The van der Waals surface area contributed by atoms with Gasteiger partial charge in [-0.15, -0.1) is 0 Å². The molecule has 2 fully saturated rings. The minimum Gasteiger partial charge on any atom is -0.464 e. The van der Waals surface area contributed by atoms with Crippen molar-refractivity contribution in [3.63, 3.8) is 0 Å². The van der Waals surface area contributed by atoms with Crippen LogP contribution in [-0.4, -0.2) is 86.6 Å². The molecule has 2 N–H and O–H groups in total. The number of hydrogen-bond acceptors (Lipinski definition) is 11. The van der Waals surface area contributed by atoms with E-state index in [9.17, 15) is 24.6 Å². The van der Waals surface area contributed by atoms with Crippen LogP contribution in [0.3, 0.4) is 0 Å². The van der Waals surface area contributed by atoms with E-state index in [2.05, 4.69) is 20.1 Å². The van der Waals surface area contributed by atoms with E-state index in [1.807, 2.05) is 11.8 Å². The molecule has 0 spiro atoms. The van der Waals surface area contributed by atoms with Crippen LogP contribution in [0.15, 0.2) is 29.0 Å². The summed E-state index contributed by atoms with van der Waals surface area (Å²) in [5.74, 6) is 0.0303. The predicted molar refractivity (Wildman–Crippen MR) is 141 cm³/mol. The maximum Gasteiger partial charge on any atom is 0.425 e. The summed E-state index contributed by atoms with van der Waals surface area (Å²) in [5.41, 5.74) is -0.562. The number of rotatable bonds is 7. The third kappa shape index (κ3) is 5.01. The van der Waals surface area contributed by atoms with Crippen molar-refractivity contribution in [2.45, 2.75) is 50.5 Å². The lowest BCUT2D eigenvalue weighted by Crippen LogP contribution is -2.37. The number of unbranched alkanes of at least 4 members (excludes halogenated alkanes) is 1. The fourth-order valence-electron chi connectivity index (χ4n) is 5.07. The maximum atomic E-state index is 12.6. The van der Waals surface area contributed by atoms with Crippen molar-refractivity contribution in [2.75, 3.05) is 43.1 Å². The zero-order valence-electron chi connectivity index (χ0n) is 22.3. The molecule has 14 heteroatoms. The Labute approximate surface area is 229 Å². The number of aliphatic hydroxyl groups is 1. The Morgan fingerprint density at radius 1 is 1.27 bits per heavy atom. The van der Waals surface area contributed by atoms with Gasteiger partial charge in [-0.2, -0.15) is 4.90 Å². The molecule has 2 atom stereocenters. The molecule has 3 aromatic rings. The summed E-state index contributed by atoms with van der Waals surface area (Å²) in [6.45, 7) is 3.64. The number of carbonyl (C=O) groups is 3. The van der Waals surface area contributed by atoms with Crippen LogP contribution in [0.1, 0.15) is 56.4 Å². The summed E-state index contributed by atoms with van der Waals surface area (Å²) in [7, 11) is 1.63. The lowest BCUT2D eigenvalue weighted by molar-refractivity contribution is -0.144. The fourth-order valence-corrected chi connectivity index (χ4v) is 5.07. The highest BCUT2D eigenvalue weighted by molar-refractivity contribution is 6.12. The highest BCUT2D eigenvalue weighted by atomic mass is 16.6. The summed E-state index contributed by atoms with van der Waals surface area (Å²) in [5, 5.41) is 24.9. The van der Waals surface area contributed by atoms with Crippen molar-refractivity contribution in [1.82, 2.24) is 25.0 Å². The summed E-state index contributed by atoms with van der Waals surface area (Å²) in [6.07, 6.45) is 1.82. The van der Waals surface area contributed by atoms with Crippen LogP contribution in [0, 0.1) is 0 Å². The molecule has 0 saturated carbocycles. The Morgan fingerprint density at radius 3 is 2.83 bits per heavy atom. The van der Waals surface area contributed by atoms with Crippen LogP contribution >= 0.6 is 0 Å². The quantitative estimate of drug-likeness (QED) is 0.410. The molecule has 2 saturated heterocycles. The normalized spacial score (nSPS) is 21.2. The van der Waals surface area contributed by atoms with Crippen molar-refractivity contribution < 1.29 is 33.9 Å². The summed E-state index contributed by atoms with van der Waals surface area (Å²) in [4.78, 5) is 54.0. The molecule has 5 rings (SSSR count). The van der Waals surface area contributed by atoms with Crippen LogP contribution in [0.2, 0.25) is 0 Å². The van der Waals surface area contributed by atoms with E-state index in [1.54, 1.807) is 25.2 Å². The summed E-state index contributed by atoms with van der Waals surface area (Å²) < 4.78 is 10.6. The molecule has 14 nitrogen and oxygen atoms in total. The minimum absolute atomic E-state index is 0.0582. The molecule has 3 amide bonds. The number of fused-ring (bicyclic) bond motifs is 1. The van der Waals surface area contributed by atoms with E-state index in [0.29, 0.717) is 48.0 Å². The first-order chi connectivity index (χ1) is 19.2. The standard InChI is InChI=1S/C26H31N7O7/c1-3-4-12-39-25(37)33(24(35)36)22-21-17(27-15-28-22)7-8-20(29-21)32-10-5-6-16(14-32)18-13-19(40-30-18)26(38)9-11-31(2)23(26)34/h7-8,13,15-16,38H,3-6,9-12,14H2,1-2H3,(H,35,36)/t16-,26-/m1/s1. The second-order valence-electron chi connectivity index (χ2n) is 10.1. The molecule has 5 heterocycles. The van der Waals surface area contributed by atoms with Gasteiger partial charge < -0.3 is 29.3 Å². The van der Waals surface area contributed by atoms with Crippen LogP contribution in [0.25, 0.3) is 11.0 Å². The number of likely N-dealkylation sites (N-methyl/N-ethyl adjacent to an activating group) is 1. The number of anilines is 2. The first kappa shape index (κ1) is 27.2. The zero-order valence-corrected chi connectivity index (χ0v) is 22.3. The number of aromatic nitrogens is 4. The highest BCUT2D eigenvalue weighted by Crippen LogP contribution is 2.36. The van der Waals surface area contributed by atoms with Gasteiger partial charge in [-0.25, -0.2) is 24.5 Å². The molecule has 2 aliphatic heterocycles. The molecule has 0 unspecified atom stereocenters. The first-order valence-electron chi connectivity index (χ1n) is 13.2. The van der Waals surface area contributed by atoms with Gasteiger partial charge in [0.05, 0.1) is 17.8 Å². The summed E-state index contributed by atoms with van der Waals surface area (Å²) >= 11 is 0. The number of likely N-dealkylation sites (tertiary alicyclic amines) is 1. The van der Waals surface area contributed by atoms with Gasteiger partial charge in [0.15, 0.2) is 11.6 Å². The Balaban J connectivity index is 1.40. The Kier molecular flexibility index (Phi) is 7.52. The third-order valence-electron chi connectivity index (χ3n) is 7.37. The Bertz CT molecular complexity index is 1430. The monoisotopic (exact) mass is 553 g/mol. The van der Waals surface area contributed by atoms with E-state index < -0.39 is 23.7 Å². The lowest BCUT2D eigenvalue weighted by Gasteiger charge is -2.32. The largest absolute Gasteiger partial charge is 0.464 e. The van der Waals surface area contributed by atoms with E-state index in [1.165, 1.54) is 11.2 Å². The number of carbonyl (C=O) groups excluding carboxylic acids is 2. The van der Waals surface area contributed by atoms with Crippen molar-refractivity contribution >= 4 is 40.8 Å². The predicted octanol–water partition coefficient (Wildman–Crippen LogP) is 2.87. The van der Waals surface area contributed by atoms with Crippen molar-refractivity contribution in [3.05, 3.63) is 36.0 Å². The third-order valence-corrected chi connectivity index (χ3v) is 7.37. The van der Waals surface area contributed by atoms with Gasteiger partial charge in [0, 0.05) is 45.1 Å². The second kappa shape index (κ2) is 11.0. The van der Waals surface area contributed by atoms with Crippen molar-refractivity contribution in [3.8, 4) is 0 Å². The van der Waals surface area contributed by atoms with Gasteiger partial charge >= 0.3 is 12.2 Å². The zero-order chi connectivity index (χ0) is 28.4. The van der Waals surface area contributed by atoms with Crippen LogP contribution in [-0.2, 0) is 15.1 Å². The SMILES string of the molecule is CCCCOC(=O)N(C(=O)O)c1ncnc2ccc(N3CCC[C@@H](c4cc([C@]5(O)CCN(C)C5=O)on4)C3)nc12. The van der Waals surface area contributed by atoms with Gasteiger partial charge in [0.1, 0.15) is 17.7 Å². The molecule has 2 aliphatic rings.